The molecule has 0 fully saturated rings. The molecule has 0 bridgehead atoms. The minimum Gasteiger partial charge on any atom is -0.325 e. The quantitative estimate of drug-likeness (QED) is 0.604. The van der Waals surface area contributed by atoms with Gasteiger partial charge in [-0.1, -0.05) is 12.1 Å². The summed E-state index contributed by atoms with van der Waals surface area (Å²) in [5.41, 5.74) is 0.428. The molecule has 0 spiro atoms. The van der Waals surface area contributed by atoms with Crippen molar-refractivity contribution < 1.29 is 22.8 Å². The zero-order valence-electron chi connectivity index (χ0n) is 16.6. The molecule has 3 aromatic rings. The van der Waals surface area contributed by atoms with Gasteiger partial charge in [0.25, 0.3) is 5.91 Å². The molecule has 4 rings (SSSR count). The molecule has 32 heavy (non-hydrogen) atoms. The van der Waals surface area contributed by atoms with Crippen LogP contribution in [-0.4, -0.2) is 39.8 Å². The number of pyridine rings is 1. The van der Waals surface area contributed by atoms with Crippen LogP contribution in [0.15, 0.2) is 48.7 Å². The predicted molar refractivity (Wildman–Crippen MR) is 113 cm³/mol. The number of carbonyl (C=O) groups is 2. The molecule has 166 valence electrons. The average Bonchev–Trinajstić information content (AvgIpc) is 3.15. The first kappa shape index (κ1) is 21.9. The Morgan fingerprint density at radius 1 is 1.12 bits per heavy atom. The van der Waals surface area contributed by atoms with Gasteiger partial charge in [0.15, 0.2) is 5.13 Å². The number of aromatic nitrogens is 2. The first-order chi connectivity index (χ1) is 15.3. The highest BCUT2D eigenvalue weighted by Gasteiger charge is 2.30. The molecule has 1 aliphatic rings. The second-order valence-corrected chi connectivity index (χ2v) is 8.23. The highest BCUT2D eigenvalue weighted by molar-refractivity contribution is 7.15. The van der Waals surface area contributed by atoms with E-state index in [4.69, 9.17) is 0 Å². The highest BCUT2D eigenvalue weighted by atomic mass is 32.1. The Balaban J connectivity index is 1.34. The van der Waals surface area contributed by atoms with Gasteiger partial charge < -0.3 is 5.32 Å². The summed E-state index contributed by atoms with van der Waals surface area (Å²) < 4.78 is 38.5. The van der Waals surface area contributed by atoms with Crippen LogP contribution in [0.2, 0.25) is 0 Å². The van der Waals surface area contributed by atoms with Crippen LogP contribution in [0.5, 0.6) is 0 Å². The summed E-state index contributed by atoms with van der Waals surface area (Å²) in [7, 11) is 0. The summed E-state index contributed by atoms with van der Waals surface area (Å²) in [5.74, 6) is -0.755. The maximum Gasteiger partial charge on any atom is 0.416 e. The summed E-state index contributed by atoms with van der Waals surface area (Å²) in [5, 5.41) is 5.71. The maximum absolute atomic E-state index is 12.8. The fourth-order valence-electron chi connectivity index (χ4n) is 3.27. The van der Waals surface area contributed by atoms with Gasteiger partial charge in [-0.3, -0.25) is 24.8 Å². The molecule has 2 aromatic heterocycles. The van der Waals surface area contributed by atoms with Gasteiger partial charge in [0.05, 0.1) is 17.8 Å². The second kappa shape index (κ2) is 9.05. The van der Waals surface area contributed by atoms with E-state index in [0.29, 0.717) is 24.6 Å². The number of nitrogens with zero attached hydrogens (tertiary/aromatic N) is 3. The molecule has 2 amide bonds. The molecule has 0 saturated carbocycles. The third-order valence-corrected chi connectivity index (χ3v) is 5.77. The number of alkyl halides is 3. The molecule has 2 N–H and O–H groups in total. The normalized spacial score (nSPS) is 14.0. The molecule has 7 nitrogen and oxygen atoms in total. The number of anilines is 2. The van der Waals surface area contributed by atoms with Gasteiger partial charge in [-0.05, 0) is 30.3 Å². The van der Waals surface area contributed by atoms with Gasteiger partial charge in [0, 0.05) is 36.3 Å². The number of carbonyl (C=O) groups excluding carboxylic acids is 2. The highest BCUT2D eigenvalue weighted by Crippen LogP contribution is 2.31. The lowest BCUT2D eigenvalue weighted by atomic mass is 10.1. The summed E-state index contributed by atoms with van der Waals surface area (Å²) in [6, 6.07) is 9.58. The summed E-state index contributed by atoms with van der Waals surface area (Å²) in [6.45, 7) is 1.06. The van der Waals surface area contributed by atoms with Crippen LogP contribution in [0, 0.1) is 0 Å². The van der Waals surface area contributed by atoms with E-state index < -0.39 is 17.6 Å². The Labute approximate surface area is 185 Å². The summed E-state index contributed by atoms with van der Waals surface area (Å²) in [4.78, 5) is 35.9. The number of hydrogen-bond acceptors (Lipinski definition) is 6. The van der Waals surface area contributed by atoms with Crippen molar-refractivity contribution in [3.8, 4) is 0 Å². The van der Waals surface area contributed by atoms with Crippen molar-refractivity contribution in [1.29, 1.82) is 0 Å². The molecule has 11 heteroatoms. The average molecular weight is 461 g/mol. The minimum atomic E-state index is -4.47. The third-order valence-electron chi connectivity index (χ3n) is 4.77. The lowest BCUT2D eigenvalue weighted by Crippen LogP contribution is -2.36. The standard InChI is InChI=1S/C21H18F3N5O2S/c22-21(23,24)13-4-3-5-14(10-13)26-18(30)12-29-9-7-15-17(11-29)32-20(27-15)28-19(31)16-6-1-2-8-25-16/h1-6,8,10H,7,9,11-12H2,(H,26,30)(H,27,28,31). The topological polar surface area (TPSA) is 87.2 Å². The van der Waals surface area contributed by atoms with E-state index in [1.54, 1.807) is 18.2 Å². The summed E-state index contributed by atoms with van der Waals surface area (Å²) in [6.07, 6.45) is -2.34. The van der Waals surface area contributed by atoms with Gasteiger partial charge in [0.1, 0.15) is 5.69 Å². The maximum atomic E-state index is 12.8. The first-order valence-electron chi connectivity index (χ1n) is 9.68. The van der Waals surface area contributed by atoms with E-state index in [-0.39, 0.29) is 23.8 Å². The monoisotopic (exact) mass is 461 g/mol. The number of rotatable bonds is 5. The number of benzene rings is 1. The Bertz CT molecular complexity index is 1130. The van der Waals surface area contributed by atoms with Crippen molar-refractivity contribution in [3.05, 3.63) is 70.5 Å². The van der Waals surface area contributed by atoms with Gasteiger partial charge >= 0.3 is 6.18 Å². The van der Waals surface area contributed by atoms with Crippen LogP contribution < -0.4 is 10.6 Å². The lowest BCUT2D eigenvalue weighted by Gasteiger charge is -2.25. The SMILES string of the molecule is O=C(CN1CCc2nc(NC(=O)c3ccccn3)sc2C1)Nc1cccc(C(F)(F)F)c1. The van der Waals surface area contributed by atoms with Crippen LogP contribution in [-0.2, 0) is 23.9 Å². The van der Waals surface area contributed by atoms with Crippen LogP contribution in [0.3, 0.4) is 0 Å². The molecule has 1 aliphatic heterocycles. The zero-order valence-corrected chi connectivity index (χ0v) is 17.5. The minimum absolute atomic E-state index is 0.0310. The molecule has 1 aromatic carbocycles. The Hall–Kier alpha value is -3.31. The van der Waals surface area contributed by atoms with E-state index in [1.165, 1.54) is 29.7 Å². The van der Waals surface area contributed by atoms with E-state index in [1.807, 2.05) is 4.90 Å². The number of hydrogen-bond donors (Lipinski definition) is 2. The van der Waals surface area contributed by atoms with Crippen molar-refractivity contribution in [2.45, 2.75) is 19.1 Å². The Morgan fingerprint density at radius 3 is 2.72 bits per heavy atom. The van der Waals surface area contributed by atoms with Gasteiger partial charge in [-0.15, -0.1) is 11.3 Å². The molecular formula is C21H18F3N5O2S. The van der Waals surface area contributed by atoms with Crippen LogP contribution in [0.25, 0.3) is 0 Å². The van der Waals surface area contributed by atoms with E-state index in [0.717, 1.165) is 22.7 Å². The fraction of sp³-hybridized carbons (Fsp3) is 0.238. The van der Waals surface area contributed by atoms with Crippen molar-refractivity contribution in [2.24, 2.45) is 0 Å². The van der Waals surface area contributed by atoms with Crippen LogP contribution >= 0.6 is 11.3 Å². The molecule has 0 unspecified atom stereocenters. The molecule has 0 saturated heterocycles. The van der Waals surface area contributed by atoms with Gasteiger partial charge in [0.2, 0.25) is 5.91 Å². The largest absolute Gasteiger partial charge is 0.416 e. The smallest absolute Gasteiger partial charge is 0.325 e. The molecule has 3 heterocycles. The van der Waals surface area contributed by atoms with E-state index in [9.17, 15) is 22.8 Å². The first-order valence-corrected chi connectivity index (χ1v) is 10.5. The van der Waals surface area contributed by atoms with E-state index >= 15 is 0 Å². The molecular weight excluding hydrogens is 443 g/mol. The predicted octanol–water partition coefficient (Wildman–Crippen LogP) is 3.81. The van der Waals surface area contributed by atoms with Crippen molar-refractivity contribution in [3.63, 3.8) is 0 Å². The second-order valence-electron chi connectivity index (χ2n) is 7.15. The van der Waals surface area contributed by atoms with Crippen molar-refractivity contribution in [2.75, 3.05) is 23.7 Å². The summed E-state index contributed by atoms with van der Waals surface area (Å²) >= 11 is 1.33. The van der Waals surface area contributed by atoms with Gasteiger partial charge in [-0.2, -0.15) is 13.2 Å². The number of nitrogens with one attached hydrogen (secondary N) is 2. The molecule has 0 atom stereocenters. The Kier molecular flexibility index (Phi) is 6.19. The number of thiazole rings is 1. The van der Waals surface area contributed by atoms with Crippen molar-refractivity contribution >= 4 is 34.0 Å². The fourth-order valence-corrected chi connectivity index (χ4v) is 4.32. The third kappa shape index (κ3) is 5.29. The Morgan fingerprint density at radius 2 is 1.97 bits per heavy atom. The lowest BCUT2D eigenvalue weighted by molar-refractivity contribution is -0.137. The van der Waals surface area contributed by atoms with Crippen LogP contribution in [0.4, 0.5) is 24.0 Å². The number of fused-ring (bicyclic) bond motifs is 1. The van der Waals surface area contributed by atoms with E-state index in [2.05, 4.69) is 20.6 Å². The zero-order chi connectivity index (χ0) is 22.7. The van der Waals surface area contributed by atoms with Crippen LogP contribution in [0.1, 0.15) is 26.6 Å². The van der Waals surface area contributed by atoms with Crippen molar-refractivity contribution in [1.82, 2.24) is 14.9 Å². The molecule has 0 radical (unpaired) electrons. The number of amides is 2. The number of halogens is 3. The molecule has 0 aliphatic carbocycles. The van der Waals surface area contributed by atoms with Gasteiger partial charge in [-0.25, -0.2) is 4.98 Å².